The lowest BCUT2D eigenvalue weighted by atomic mass is 10.1. The molecule has 0 bridgehead atoms. The third-order valence-corrected chi connectivity index (χ3v) is 2.52. The largest absolute Gasteiger partial charge is 0.497 e. The van der Waals surface area contributed by atoms with Gasteiger partial charge in [0, 0.05) is 0 Å². The molecule has 17 heavy (non-hydrogen) atoms. The Bertz CT molecular complexity index is 480. The van der Waals surface area contributed by atoms with E-state index in [0.717, 1.165) is 11.3 Å². The highest BCUT2D eigenvalue weighted by Gasteiger charge is 2.11. The highest BCUT2D eigenvalue weighted by molar-refractivity contribution is 6.20. The van der Waals surface area contributed by atoms with E-state index < -0.39 is 0 Å². The van der Waals surface area contributed by atoms with Crippen LogP contribution in [-0.2, 0) is 6.42 Å². The third-order valence-electron chi connectivity index (χ3n) is 2.34. The number of hydrogen-bond donors (Lipinski definition) is 0. The second-order valence-corrected chi connectivity index (χ2v) is 4.33. The zero-order chi connectivity index (χ0) is 12.3. The van der Waals surface area contributed by atoms with Gasteiger partial charge in [-0.3, -0.25) is 0 Å². The summed E-state index contributed by atoms with van der Waals surface area (Å²) in [4.78, 5) is 0. The number of halogens is 1. The van der Waals surface area contributed by atoms with E-state index in [9.17, 15) is 0 Å². The summed E-state index contributed by atoms with van der Waals surface area (Å²) in [5.41, 5.74) is 1.09. The van der Waals surface area contributed by atoms with Crippen LogP contribution in [0.25, 0.3) is 0 Å². The van der Waals surface area contributed by atoms with Gasteiger partial charge in [-0.05, 0) is 24.6 Å². The SMILES string of the molecule is COc1ccc(Cc2nnc(C(C)Cl)o2)cc1. The van der Waals surface area contributed by atoms with Crippen LogP contribution in [0, 0.1) is 0 Å². The Kier molecular flexibility index (Phi) is 3.64. The minimum atomic E-state index is -0.257. The molecule has 0 radical (unpaired) electrons. The molecule has 0 saturated heterocycles. The van der Waals surface area contributed by atoms with Crippen molar-refractivity contribution >= 4 is 11.6 Å². The Morgan fingerprint density at radius 3 is 2.53 bits per heavy atom. The van der Waals surface area contributed by atoms with Gasteiger partial charge in [0.25, 0.3) is 0 Å². The molecule has 2 aromatic rings. The number of hydrogen-bond acceptors (Lipinski definition) is 4. The fourth-order valence-corrected chi connectivity index (χ4v) is 1.50. The van der Waals surface area contributed by atoms with Crippen molar-refractivity contribution in [1.82, 2.24) is 10.2 Å². The standard InChI is InChI=1S/C12H13ClN2O2/c1-8(13)12-15-14-11(17-12)7-9-3-5-10(16-2)6-4-9/h3-6,8H,7H2,1-2H3. The summed E-state index contributed by atoms with van der Waals surface area (Å²) in [5.74, 6) is 1.85. The first-order chi connectivity index (χ1) is 8.19. The van der Waals surface area contributed by atoms with E-state index >= 15 is 0 Å². The molecule has 0 aliphatic carbocycles. The Hall–Kier alpha value is -1.55. The second kappa shape index (κ2) is 5.19. The highest BCUT2D eigenvalue weighted by atomic mass is 35.5. The molecule has 4 nitrogen and oxygen atoms in total. The lowest BCUT2D eigenvalue weighted by Crippen LogP contribution is -1.89. The number of alkyl halides is 1. The normalized spacial score (nSPS) is 12.4. The number of aromatic nitrogens is 2. The van der Waals surface area contributed by atoms with Crippen LogP contribution >= 0.6 is 11.6 Å². The van der Waals surface area contributed by atoms with Crippen LogP contribution in [0.4, 0.5) is 0 Å². The lowest BCUT2D eigenvalue weighted by molar-refractivity contribution is 0.414. The monoisotopic (exact) mass is 252 g/mol. The van der Waals surface area contributed by atoms with Gasteiger partial charge >= 0.3 is 0 Å². The molecule has 0 fully saturated rings. The van der Waals surface area contributed by atoms with Gasteiger partial charge in [0.15, 0.2) is 0 Å². The van der Waals surface area contributed by atoms with E-state index in [4.69, 9.17) is 20.8 Å². The predicted octanol–water partition coefficient (Wildman–Crippen LogP) is 2.97. The minimum absolute atomic E-state index is 0.257. The van der Waals surface area contributed by atoms with Crippen molar-refractivity contribution in [3.63, 3.8) is 0 Å². The summed E-state index contributed by atoms with van der Waals surface area (Å²) in [6, 6.07) is 7.73. The fourth-order valence-electron chi connectivity index (χ4n) is 1.42. The van der Waals surface area contributed by atoms with Crippen LogP contribution in [-0.4, -0.2) is 17.3 Å². The Labute approximate surface area is 105 Å². The van der Waals surface area contributed by atoms with Crippen molar-refractivity contribution in [3.8, 4) is 5.75 Å². The van der Waals surface area contributed by atoms with E-state index in [1.165, 1.54) is 0 Å². The lowest BCUT2D eigenvalue weighted by Gasteiger charge is -2.00. The second-order valence-electron chi connectivity index (χ2n) is 3.67. The van der Waals surface area contributed by atoms with Gasteiger partial charge in [-0.1, -0.05) is 12.1 Å². The topological polar surface area (TPSA) is 48.2 Å². The summed E-state index contributed by atoms with van der Waals surface area (Å²) in [6.45, 7) is 1.80. The molecule has 0 saturated carbocycles. The average molecular weight is 253 g/mol. The molecule has 1 unspecified atom stereocenters. The van der Waals surface area contributed by atoms with Crippen LogP contribution in [0.1, 0.15) is 29.6 Å². The maximum Gasteiger partial charge on any atom is 0.234 e. The van der Waals surface area contributed by atoms with Crippen molar-refractivity contribution in [2.24, 2.45) is 0 Å². The quantitative estimate of drug-likeness (QED) is 0.785. The van der Waals surface area contributed by atoms with Crippen molar-refractivity contribution < 1.29 is 9.15 Å². The van der Waals surface area contributed by atoms with Gasteiger partial charge in [0.2, 0.25) is 11.8 Å². The van der Waals surface area contributed by atoms with Crippen LogP contribution in [0.2, 0.25) is 0 Å². The van der Waals surface area contributed by atoms with Crippen LogP contribution < -0.4 is 4.74 Å². The molecular weight excluding hydrogens is 240 g/mol. The van der Waals surface area contributed by atoms with E-state index in [0.29, 0.717) is 18.2 Å². The molecule has 90 valence electrons. The molecule has 0 N–H and O–H groups in total. The number of rotatable bonds is 4. The minimum Gasteiger partial charge on any atom is -0.497 e. The smallest absolute Gasteiger partial charge is 0.234 e. The van der Waals surface area contributed by atoms with Gasteiger partial charge in [0.05, 0.1) is 13.5 Å². The summed E-state index contributed by atoms with van der Waals surface area (Å²) >= 11 is 5.85. The Morgan fingerprint density at radius 1 is 1.29 bits per heavy atom. The number of methoxy groups -OCH3 is 1. The summed E-state index contributed by atoms with van der Waals surface area (Å²) in [5, 5.41) is 7.56. The fraction of sp³-hybridized carbons (Fsp3) is 0.333. The molecule has 0 aliphatic heterocycles. The van der Waals surface area contributed by atoms with Crippen molar-refractivity contribution in [2.45, 2.75) is 18.7 Å². The Balaban J connectivity index is 2.08. The van der Waals surface area contributed by atoms with Crippen molar-refractivity contribution in [1.29, 1.82) is 0 Å². The molecule has 1 aromatic carbocycles. The molecule has 0 aliphatic rings. The molecule has 2 rings (SSSR count). The zero-order valence-corrected chi connectivity index (χ0v) is 10.4. The summed E-state index contributed by atoms with van der Waals surface area (Å²) < 4.78 is 10.5. The number of ether oxygens (including phenoxy) is 1. The zero-order valence-electron chi connectivity index (χ0n) is 9.68. The van der Waals surface area contributed by atoms with Crippen LogP contribution in [0.5, 0.6) is 5.75 Å². The van der Waals surface area contributed by atoms with Crippen LogP contribution in [0.3, 0.4) is 0 Å². The molecule has 5 heteroatoms. The molecule has 1 atom stereocenters. The number of benzene rings is 1. The molecule has 1 aromatic heterocycles. The van der Waals surface area contributed by atoms with E-state index in [1.807, 2.05) is 24.3 Å². The van der Waals surface area contributed by atoms with Gasteiger partial charge in [-0.2, -0.15) is 0 Å². The highest BCUT2D eigenvalue weighted by Crippen LogP contribution is 2.19. The maximum absolute atomic E-state index is 5.85. The van der Waals surface area contributed by atoms with E-state index in [-0.39, 0.29) is 5.38 Å². The number of nitrogens with zero attached hydrogens (tertiary/aromatic N) is 2. The first-order valence-electron chi connectivity index (χ1n) is 5.28. The predicted molar refractivity (Wildman–Crippen MR) is 64.4 cm³/mol. The summed E-state index contributed by atoms with van der Waals surface area (Å²) in [6.07, 6.45) is 0.598. The molecular formula is C12H13ClN2O2. The maximum atomic E-state index is 5.85. The average Bonchev–Trinajstić information content (AvgIpc) is 2.79. The van der Waals surface area contributed by atoms with Gasteiger partial charge < -0.3 is 9.15 Å². The first kappa shape index (κ1) is 11.9. The van der Waals surface area contributed by atoms with Crippen molar-refractivity contribution in [3.05, 3.63) is 41.6 Å². The molecule has 1 heterocycles. The van der Waals surface area contributed by atoms with Crippen LogP contribution in [0.15, 0.2) is 28.7 Å². The summed E-state index contributed by atoms with van der Waals surface area (Å²) in [7, 11) is 1.64. The Morgan fingerprint density at radius 2 is 2.00 bits per heavy atom. The van der Waals surface area contributed by atoms with Gasteiger partial charge in [-0.25, -0.2) is 0 Å². The third kappa shape index (κ3) is 2.97. The van der Waals surface area contributed by atoms with Gasteiger partial charge in [-0.15, -0.1) is 21.8 Å². The van der Waals surface area contributed by atoms with E-state index in [1.54, 1.807) is 14.0 Å². The first-order valence-corrected chi connectivity index (χ1v) is 5.72. The molecule has 0 spiro atoms. The van der Waals surface area contributed by atoms with Gasteiger partial charge in [0.1, 0.15) is 11.1 Å². The molecule has 0 amide bonds. The van der Waals surface area contributed by atoms with E-state index in [2.05, 4.69) is 10.2 Å². The van der Waals surface area contributed by atoms with Crippen molar-refractivity contribution in [2.75, 3.05) is 7.11 Å².